The van der Waals surface area contributed by atoms with Crippen LogP contribution in [0, 0.1) is 0 Å². The van der Waals surface area contributed by atoms with Gasteiger partial charge >= 0.3 is 0 Å². The Bertz CT molecular complexity index is 987. The van der Waals surface area contributed by atoms with E-state index in [1.807, 2.05) is 24.5 Å². The third-order valence-corrected chi connectivity index (χ3v) is 7.49. The number of rotatable bonds is 0. The van der Waals surface area contributed by atoms with Crippen molar-refractivity contribution in [2.45, 2.75) is 0 Å². The number of hydrogen-bond donors (Lipinski definition) is 0. The molecule has 122 valence electrons. The Hall–Kier alpha value is -3.03. The van der Waals surface area contributed by atoms with Gasteiger partial charge in [-0.2, -0.15) is 0 Å². The van der Waals surface area contributed by atoms with Gasteiger partial charge in [0.25, 0.3) is 0 Å². The Morgan fingerprint density at radius 2 is 1.00 bits per heavy atom. The first kappa shape index (κ1) is 14.2. The quantitative estimate of drug-likeness (QED) is 0.433. The summed E-state index contributed by atoms with van der Waals surface area (Å²) in [6.07, 6.45) is 3.76. The summed E-state index contributed by atoms with van der Waals surface area (Å²) in [7, 11) is -0.743. The van der Waals surface area contributed by atoms with Crippen molar-refractivity contribution >= 4 is 30.3 Å². The molecule has 4 heterocycles. The van der Waals surface area contributed by atoms with Crippen molar-refractivity contribution in [3.05, 3.63) is 85.2 Å². The molecule has 6 rings (SSSR count). The molecule has 0 amide bonds. The topological polar surface area (TPSA) is 29.0 Å². The van der Waals surface area contributed by atoms with E-state index in [-0.39, 0.29) is 0 Å². The van der Waals surface area contributed by atoms with Crippen LogP contribution in [-0.4, -0.2) is 9.97 Å². The van der Waals surface area contributed by atoms with E-state index in [1.165, 1.54) is 32.9 Å². The molecule has 0 atom stereocenters. The number of aromatic nitrogens is 2. The summed E-state index contributed by atoms with van der Waals surface area (Å²) in [6, 6.07) is 25.8. The van der Waals surface area contributed by atoms with Crippen molar-refractivity contribution in [1.82, 2.24) is 9.97 Å². The predicted molar refractivity (Wildman–Crippen MR) is 108 cm³/mol. The second kappa shape index (κ2) is 5.23. The molecule has 0 N–H and O–H groups in total. The second-order valence-electron chi connectivity index (χ2n) is 6.41. The Morgan fingerprint density at radius 1 is 0.538 bits per heavy atom. The molecule has 2 aromatic carbocycles. The van der Waals surface area contributed by atoms with E-state index in [2.05, 4.69) is 65.3 Å². The molecule has 0 saturated heterocycles. The van der Waals surface area contributed by atoms with E-state index < -0.39 is 8.07 Å². The fourth-order valence-electron chi connectivity index (χ4n) is 3.96. The van der Waals surface area contributed by atoms with Gasteiger partial charge in [0.2, 0.25) is 0 Å². The molecular weight excluding hydrogens is 337 g/mol. The molecule has 0 unspecified atom stereocenters. The van der Waals surface area contributed by atoms with Gasteiger partial charge in [0.05, 0.1) is 8.07 Å². The minimum atomic E-state index is -0.743. The van der Waals surface area contributed by atoms with Crippen LogP contribution in [-0.2, 0) is 0 Å². The van der Waals surface area contributed by atoms with Gasteiger partial charge in [-0.3, -0.25) is 4.67 Å². The zero-order chi connectivity index (χ0) is 17.1. The van der Waals surface area contributed by atoms with Gasteiger partial charge < -0.3 is 0 Å². The van der Waals surface area contributed by atoms with Crippen LogP contribution in [0.25, 0.3) is 22.3 Å². The zero-order valence-electron chi connectivity index (χ0n) is 13.9. The van der Waals surface area contributed by atoms with Crippen LogP contribution in [0.1, 0.15) is 0 Å². The number of anilines is 2. The highest BCUT2D eigenvalue weighted by molar-refractivity contribution is 7.75. The third-order valence-electron chi connectivity index (χ3n) is 5.02. The molecule has 2 aliphatic rings. The zero-order valence-corrected chi connectivity index (χ0v) is 14.8. The maximum absolute atomic E-state index is 4.78. The van der Waals surface area contributed by atoms with Gasteiger partial charge in [0.15, 0.2) is 0 Å². The first-order valence-corrected chi connectivity index (χ1v) is 9.92. The van der Waals surface area contributed by atoms with Gasteiger partial charge in [-0.25, -0.2) is 9.97 Å². The summed E-state index contributed by atoms with van der Waals surface area (Å²) in [5, 5.41) is 2.73. The number of fused-ring (bicyclic) bond motifs is 11. The van der Waals surface area contributed by atoms with E-state index in [4.69, 9.17) is 9.97 Å². The van der Waals surface area contributed by atoms with Crippen LogP contribution in [0.3, 0.4) is 0 Å². The smallest absolute Gasteiger partial charge is 0.145 e. The van der Waals surface area contributed by atoms with Crippen LogP contribution in [0.4, 0.5) is 11.6 Å². The fraction of sp³-hybridized carbons (Fsp3) is 0. The van der Waals surface area contributed by atoms with E-state index >= 15 is 0 Å². The van der Waals surface area contributed by atoms with Crippen molar-refractivity contribution < 1.29 is 0 Å². The average Bonchev–Trinajstić information content (AvgIpc) is 2.73. The van der Waals surface area contributed by atoms with Crippen LogP contribution in [0.15, 0.2) is 85.2 Å². The van der Waals surface area contributed by atoms with Gasteiger partial charge in [0, 0.05) is 34.1 Å². The molecule has 0 radical (unpaired) electrons. The van der Waals surface area contributed by atoms with E-state index in [0.29, 0.717) is 0 Å². The summed E-state index contributed by atoms with van der Waals surface area (Å²) in [5.41, 5.74) is 4.93. The molecular formula is C22H14N3P. The Morgan fingerprint density at radius 3 is 1.54 bits per heavy atom. The average molecular weight is 351 g/mol. The van der Waals surface area contributed by atoms with Crippen molar-refractivity contribution in [2.24, 2.45) is 0 Å². The van der Waals surface area contributed by atoms with Crippen molar-refractivity contribution in [3.8, 4) is 22.3 Å². The Labute approximate surface area is 152 Å². The van der Waals surface area contributed by atoms with E-state index in [9.17, 15) is 0 Å². The lowest BCUT2D eigenvalue weighted by Gasteiger charge is -2.42. The lowest BCUT2D eigenvalue weighted by atomic mass is 10.0. The van der Waals surface area contributed by atoms with Crippen molar-refractivity contribution in [3.63, 3.8) is 0 Å². The maximum Gasteiger partial charge on any atom is 0.145 e. The van der Waals surface area contributed by atoms with Gasteiger partial charge in [0.1, 0.15) is 11.6 Å². The number of hydrogen-bond acceptors (Lipinski definition) is 3. The minimum absolute atomic E-state index is 0.743. The monoisotopic (exact) mass is 351 g/mol. The van der Waals surface area contributed by atoms with Gasteiger partial charge in [-0.05, 0) is 35.4 Å². The molecule has 0 saturated carbocycles. The molecule has 2 aliphatic heterocycles. The SMILES string of the molecule is c1ccc2c(c1)-c1cccnc1N1c3ncccc3-c3ccccc3P21. The van der Waals surface area contributed by atoms with Crippen LogP contribution in [0.5, 0.6) is 0 Å². The summed E-state index contributed by atoms with van der Waals surface area (Å²) in [4.78, 5) is 9.55. The number of benzene rings is 2. The summed E-state index contributed by atoms with van der Waals surface area (Å²) in [6.45, 7) is 0. The predicted octanol–water partition coefficient (Wildman–Crippen LogP) is 4.62. The maximum atomic E-state index is 4.78. The highest BCUT2D eigenvalue weighted by atomic mass is 31.1. The van der Waals surface area contributed by atoms with Crippen LogP contribution >= 0.6 is 8.07 Å². The lowest BCUT2D eigenvalue weighted by Crippen LogP contribution is -2.34. The standard InChI is InChI=1S/C22H14N3P/c1-3-11-19-15(7-1)17-9-5-13-23-21(17)25-22-18(10-6-14-24-22)16-8-2-4-12-20(16)26(19)25/h1-14H. The molecule has 4 heteroatoms. The molecule has 0 bridgehead atoms. The van der Waals surface area contributed by atoms with Crippen molar-refractivity contribution in [1.29, 1.82) is 0 Å². The minimum Gasteiger partial charge on any atom is -0.279 e. The largest absolute Gasteiger partial charge is 0.279 e. The van der Waals surface area contributed by atoms with E-state index in [1.54, 1.807) is 0 Å². The first-order valence-electron chi connectivity index (χ1n) is 8.62. The van der Waals surface area contributed by atoms with Crippen LogP contribution in [0.2, 0.25) is 0 Å². The Balaban J connectivity index is 1.77. The van der Waals surface area contributed by atoms with E-state index in [0.717, 1.165) is 11.6 Å². The highest BCUT2D eigenvalue weighted by Crippen LogP contribution is 2.59. The Kier molecular flexibility index (Phi) is 2.85. The molecule has 3 nitrogen and oxygen atoms in total. The summed E-state index contributed by atoms with van der Waals surface area (Å²) < 4.78 is 2.37. The summed E-state index contributed by atoms with van der Waals surface area (Å²) >= 11 is 0. The lowest BCUT2D eigenvalue weighted by molar-refractivity contribution is 1.18. The molecule has 0 aliphatic carbocycles. The first-order chi connectivity index (χ1) is 12.9. The van der Waals surface area contributed by atoms with Gasteiger partial charge in [-0.1, -0.05) is 48.5 Å². The number of nitrogens with zero attached hydrogens (tertiary/aromatic N) is 3. The van der Waals surface area contributed by atoms with Gasteiger partial charge in [-0.15, -0.1) is 0 Å². The van der Waals surface area contributed by atoms with Crippen LogP contribution < -0.4 is 15.3 Å². The normalized spacial score (nSPS) is 13.9. The highest BCUT2D eigenvalue weighted by Gasteiger charge is 2.40. The molecule has 4 aromatic rings. The number of pyridine rings is 2. The summed E-state index contributed by atoms with van der Waals surface area (Å²) in [5.74, 6) is 2.01. The molecule has 2 aromatic heterocycles. The van der Waals surface area contributed by atoms with Crippen molar-refractivity contribution in [2.75, 3.05) is 4.67 Å². The molecule has 26 heavy (non-hydrogen) atoms. The molecule has 0 fully saturated rings. The fourth-order valence-corrected chi connectivity index (χ4v) is 6.65. The molecule has 0 spiro atoms. The third kappa shape index (κ3) is 1.76. The second-order valence-corrected chi connectivity index (χ2v) is 8.39.